The van der Waals surface area contributed by atoms with Crippen molar-refractivity contribution in [1.29, 1.82) is 0 Å². The molecule has 0 radical (unpaired) electrons. The normalized spacial score (nSPS) is 11.3. The van der Waals surface area contributed by atoms with Crippen LogP contribution in [0.25, 0.3) is 0 Å². The summed E-state index contributed by atoms with van der Waals surface area (Å²) in [6.45, 7) is 4.64. The molecule has 0 saturated heterocycles. The molecule has 0 aliphatic carbocycles. The number of sulfonamides is 1. The van der Waals surface area contributed by atoms with Gasteiger partial charge in [0.25, 0.3) is 5.91 Å². The maximum absolute atomic E-state index is 12.7. The maximum Gasteiger partial charge on any atom is 0.255 e. The number of carbonyl (C=O) groups is 1. The van der Waals surface area contributed by atoms with Crippen LogP contribution in [0, 0.1) is 0 Å². The van der Waals surface area contributed by atoms with Crippen molar-refractivity contribution in [2.24, 2.45) is 0 Å². The number of hydrogen-bond acceptors (Lipinski definition) is 6. The number of amides is 1. The van der Waals surface area contributed by atoms with E-state index in [9.17, 15) is 13.2 Å². The Balaban J connectivity index is 2.15. The van der Waals surface area contributed by atoms with Crippen LogP contribution in [0.5, 0.6) is 17.2 Å². The first kappa shape index (κ1) is 23.5. The van der Waals surface area contributed by atoms with Gasteiger partial charge >= 0.3 is 0 Å². The van der Waals surface area contributed by atoms with E-state index in [1.807, 2.05) is 0 Å². The quantitative estimate of drug-likeness (QED) is 0.615. The largest absolute Gasteiger partial charge is 0.496 e. The average Bonchev–Trinajstić information content (AvgIpc) is 2.77. The molecule has 2 rings (SSSR count). The molecule has 9 heteroatoms. The van der Waals surface area contributed by atoms with Crippen molar-refractivity contribution in [1.82, 2.24) is 9.62 Å². The van der Waals surface area contributed by atoms with Crippen LogP contribution in [0.15, 0.2) is 41.3 Å². The van der Waals surface area contributed by atoms with Crippen molar-refractivity contribution in [2.75, 3.05) is 34.4 Å². The second kappa shape index (κ2) is 10.3. The Hall–Kier alpha value is -2.78. The van der Waals surface area contributed by atoms with E-state index in [4.69, 9.17) is 14.2 Å². The molecule has 30 heavy (non-hydrogen) atoms. The fraction of sp³-hybridized carbons (Fsp3) is 0.381. The Morgan fingerprint density at radius 2 is 1.43 bits per heavy atom. The molecule has 164 valence electrons. The van der Waals surface area contributed by atoms with Crippen LogP contribution in [0.2, 0.25) is 0 Å². The molecule has 0 unspecified atom stereocenters. The summed E-state index contributed by atoms with van der Waals surface area (Å²) in [6.07, 6.45) is 0. The van der Waals surface area contributed by atoms with Crippen LogP contribution in [-0.2, 0) is 16.6 Å². The van der Waals surface area contributed by atoms with Gasteiger partial charge in [0.15, 0.2) is 11.5 Å². The number of benzene rings is 2. The standard InChI is InChI=1S/C21H28N2O6S/c1-6-23(7-2)30(25,26)16-10-8-15(9-11-16)14-22-21(24)17-12-19(28-4)20(29-5)13-18(17)27-3/h8-13H,6-7,14H2,1-5H3,(H,22,24). The van der Waals surface area contributed by atoms with Crippen LogP contribution in [0.3, 0.4) is 0 Å². The third kappa shape index (κ3) is 5.03. The Labute approximate surface area is 177 Å². The molecule has 2 aromatic rings. The topological polar surface area (TPSA) is 94.2 Å². The summed E-state index contributed by atoms with van der Waals surface area (Å²) in [5.41, 5.74) is 1.07. The van der Waals surface area contributed by atoms with Gasteiger partial charge in [0.1, 0.15) is 5.75 Å². The van der Waals surface area contributed by atoms with Crippen molar-refractivity contribution in [3.63, 3.8) is 0 Å². The highest BCUT2D eigenvalue weighted by Gasteiger charge is 2.21. The van der Waals surface area contributed by atoms with Crippen LogP contribution < -0.4 is 19.5 Å². The van der Waals surface area contributed by atoms with E-state index in [2.05, 4.69) is 5.32 Å². The van der Waals surface area contributed by atoms with E-state index in [1.54, 1.807) is 50.2 Å². The Morgan fingerprint density at radius 1 is 0.900 bits per heavy atom. The Kier molecular flexibility index (Phi) is 8.08. The Morgan fingerprint density at radius 3 is 1.93 bits per heavy atom. The molecule has 0 saturated carbocycles. The molecule has 0 bridgehead atoms. The zero-order valence-corrected chi connectivity index (χ0v) is 18.7. The van der Waals surface area contributed by atoms with Crippen LogP contribution in [-0.4, -0.2) is 53.0 Å². The third-order valence-corrected chi connectivity index (χ3v) is 6.73. The van der Waals surface area contributed by atoms with Crippen LogP contribution in [0.4, 0.5) is 0 Å². The first-order valence-electron chi connectivity index (χ1n) is 9.49. The van der Waals surface area contributed by atoms with Gasteiger partial charge in [-0.2, -0.15) is 4.31 Å². The predicted molar refractivity (Wildman–Crippen MR) is 114 cm³/mol. The van der Waals surface area contributed by atoms with Crippen LogP contribution in [0.1, 0.15) is 29.8 Å². The fourth-order valence-electron chi connectivity index (χ4n) is 2.98. The molecule has 2 aromatic carbocycles. The molecule has 0 fully saturated rings. The summed E-state index contributed by atoms with van der Waals surface area (Å²) >= 11 is 0. The molecule has 0 aliphatic rings. The fourth-order valence-corrected chi connectivity index (χ4v) is 4.43. The molecule has 0 aromatic heterocycles. The lowest BCUT2D eigenvalue weighted by molar-refractivity contribution is 0.0947. The highest BCUT2D eigenvalue weighted by atomic mass is 32.2. The van der Waals surface area contributed by atoms with E-state index in [-0.39, 0.29) is 17.3 Å². The predicted octanol–water partition coefficient (Wildman–Crippen LogP) is 2.67. The second-order valence-corrected chi connectivity index (χ2v) is 8.26. The molecular weight excluding hydrogens is 408 g/mol. The third-order valence-electron chi connectivity index (χ3n) is 4.67. The minimum Gasteiger partial charge on any atom is -0.496 e. The van der Waals surface area contributed by atoms with Crippen molar-refractivity contribution < 1.29 is 27.4 Å². The first-order chi connectivity index (χ1) is 14.3. The van der Waals surface area contributed by atoms with E-state index < -0.39 is 10.0 Å². The minimum absolute atomic E-state index is 0.224. The summed E-state index contributed by atoms with van der Waals surface area (Å²) in [6, 6.07) is 9.59. The van der Waals surface area contributed by atoms with Crippen molar-refractivity contribution in [2.45, 2.75) is 25.3 Å². The molecule has 1 amide bonds. The molecule has 0 spiro atoms. The average molecular weight is 437 g/mol. The SMILES string of the molecule is CCN(CC)S(=O)(=O)c1ccc(CNC(=O)c2cc(OC)c(OC)cc2OC)cc1. The smallest absolute Gasteiger partial charge is 0.255 e. The monoisotopic (exact) mass is 436 g/mol. The molecule has 0 heterocycles. The van der Waals surface area contributed by atoms with E-state index in [1.165, 1.54) is 25.6 Å². The lowest BCUT2D eigenvalue weighted by Gasteiger charge is -2.18. The van der Waals surface area contributed by atoms with Gasteiger partial charge in [-0.3, -0.25) is 4.79 Å². The van der Waals surface area contributed by atoms with Crippen LogP contribution >= 0.6 is 0 Å². The van der Waals surface area contributed by atoms with Gasteiger partial charge in [-0.05, 0) is 17.7 Å². The molecule has 0 aliphatic heterocycles. The highest BCUT2D eigenvalue weighted by Crippen LogP contribution is 2.34. The van der Waals surface area contributed by atoms with Gasteiger partial charge in [0.05, 0.1) is 31.8 Å². The summed E-state index contributed by atoms with van der Waals surface area (Å²) < 4.78 is 42.3. The molecule has 1 N–H and O–H groups in total. The molecular formula is C21H28N2O6S. The summed E-state index contributed by atoms with van der Waals surface area (Å²) in [7, 11) is 0.941. The molecule has 8 nitrogen and oxygen atoms in total. The van der Waals surface area contributed by atoms with Crippen molar-refractivity contribution >= 4 is 15.9 Å². The first-order valence-corrected chi connectivity index (χ1v) is 10.9. The number of ether oxygens (including phenoxy) is 3. The zero-order chi connectivity index (χ0) is 22.3. The number of methoxy groups -OCH3 is 3. The lowest BCUT2D eigenvalue weighted by Crippen LogP contribution is -2.30. The van der Waals surface area contributed by atoms with Gasteiger partial charge in [-0.25, -0.2) is 8.42 Å². The van der Waals surface area contributed by atoms with E-state index >= 15 is 0 Å². The van der Waals surface area contributed by atoms with E-state index in [0.717, 1.165) is 5.56 Å². The molecule has 0 atom stereocenters. The van der Waals surface area contributed by atoms with Gasteiger partial charge < -0.3 is 19.5 Å². The maximum atomic E-state index is 12.7. The van der Waals surface area contributed by atoms with Gasteiger partial charge in [-0.1, -0.05) is 26.0 Å². The number of rotatable bonds is 10. The Bertz CT molecular complexity index is 970. The highest BCUT2D eigenvalue weighted by molar-refractivity contribution is 7.89. The summed E-state index contributed by atoms with van der Waals surface area (Å²) in [5, 5.41) is 2.81. The number of hydrogen-bond donors (Lipinski definition) is 1. The lowest BCUT2D eigenvalue weighted by atomic mass is 10.1. The number of carbonyl (C=O) groups excluding carboxylic acids is 1. The van der Waals surface area contributed by atoms with Gasteiger partial charge in [-0.15, -0.1) is 0 Å². The summed E-state index contributed by atoms with van der Waals surface area (Å²) in [4.78, 5) is 12.9. The van der Waals surface area contributed by atoms with Crippen molar-refractivity contribution in [3.8, 4) is 17.2 Å². The van der Waals surface area contributed by atoms with Gasteiger partial charge in [0.2, 0.25) is 10.0 Å². The van der Waals surface area contributed by atoms with Crippen molar-refractivity contribution in [3.05, 3.63) is 47.5 Å². The van der Waals surface area contributed by atoms with E-state index in [0.29, 0.717) is 35.9 Å². The number of nitrogens with zero attached hydrogens (tertiary/aromatic N) is 1. The van der Waals surface area contributed by atoms with Gasteiger partial charge in [0, 0.05) is 31.8 Å². The summed E-state index contributed by atoms with van der Waals surface area (Å²) in [5.74, 6) is 0.865. The number of nitrogens with one attached hydrogen (secondary N) is 1. The zero-order valence-electron chi connectivity index (χ0n) is 17.9. The second-order valence-electron chi connectivity index (χ2n) is 6.32. The minimum atomic E-state index is -3.51.